The largest absolute Gasteiger partial charge is 0.457 e. The van der Waals surface area contributed by atoms with E-state index in [1.54, 1.807) is 0 Å². The van der Waals surface area contributed by atoms with Crippen LogP contribution in [0.4, 0.5) is 11.9 Å². The van der Waals surface area contributed by atoms with Crippen LogP contribution in [-0.4, -0.2) is 20.9 Å². The minimum absolute atomic E-state index is 0.0207. The van der Waals surface area contributed by atoms with Crippen LogP contribution in [0.1, 0.15) is 58.7 Å². The van der Waals surface area contributed by atoms with Crippen LogP contribution in [-0.2, 0) is 16.1 Å². The third kappa shape index (κ3) is 5.33. The number of rotatable bonds is 4. The highest BCUT2D eigenvalue weighted by Gasteiger charge is 2.30. The standard InChI is InChI=1S/C16H27N5O2/c1-16(2,3)11-6-4-10(5-7-11)8-13(22)23-9-12-19-14(17)21-15(18)20-12/h10-11H,4-9H2,1-3H3,(H4,17,18,19,20,21). The van der Waals surface area contributed by atoms with Gasteiger partial charge in [0.15, 0.2) is 12.4 Å². The fourth-order valence-corrected chi connectivity index (χ4v) is 3.19. The van der Waals surface area contributed by atoms with Crippen molar-refractivity contribution in [1.82, 2.24) is 15.0 Å². The normalized spacial score (nSPS) is 21.9. The molecule has 7 nitrogen and oxygen atoms in total. The van der Waals surface area contributed by atoms with Gasteiger partial charge in [0.05, 0.1) is 0 Å². The number of carbonyl (C=O) groups is 1. The number of esters is 1. The summed E-state index contributed by atoms with van der Waals surface area (Å²) in [6.07, 6.45) is 4.99. The van der Waals surface area contributed by atoms with E-state index in [4.69, 9.17) is 16.2 Å². The van der Waals surface area contributed by atoms with Crippen molar-refractivity contribution in [3.63, 3.8) is 0 Å². The van der Waals surface area contributed by atoms with E-state index in [1.165, 1.54) is 12.8 Å². The average Bonchev–Trinajstić information content (AvgIpc) is 2.44. The predicted molar refractivity (Wildman–Crippen MR) is 88.0 cm³/mol. The van der Waals surface area contributed by atoms with Crippen molar-refractivity contribution >= 4 is 17.9 Å². The lowest BCUT2D eigenvalue weighted by Crippen LogP contribution is -2.27. The SMILES string of the molecule is CC(C)(C)C1CCC(CC(=O)OCc2nc(N)nc(N)n2)CC1. The molecule has 2 rings (SSSR count). The fourth-order valence-electron chi connectivity index (χ4n) is 3.19. The molecule has 0 aliphatic heterocycles. The second-order valence-corrected chi connectivity index (χ2v) is 7.42. The van der Waals surface area contributed by atoms with Crippen LogP contribution in [0, 0.1) is 17.3 Å². The summed E-state index contributed by atoms with van der Waals surface area (Å²) in [5.74, 6) is 1.27. The smallest absolute Gasteiger partial charge is 0.306 e. The molecule has 0 radical (unpaired) electrons. The average molecular weight is 321 g/mol. The van der Waals surface area contributed by atoms with Gasteiger partial charge in [0, 0.05) is 6.42 Å². The summed E-state index contributed by atoms with van der Waals surface area (Å²) in [4.78, 5) is 23.4. The van der Waals surface area contributed by atoms with E-state index in [2.05, 4.69) is 35.7 Å². The zero-order valence-electron chi connectivity index (χ0n) is 14.2. The minimum Gasteiger partial charge on any atom is -0.457 e. The molecule has 1 saturated carbocycles. The second-order valence-electron chi connectivity index (χ2n) is 7.42. The Bertz CT molecular complexity index is 528. The van der Waals surface area contributed by atoms with Crippen molar-refractivity contribution in [2.45, 2.75) is 59.5 Å². The third-order valence-electron chi connectivity index (χ3n) is 4.61. The van der Waals surface area contributed by atoms with Crippen molar-refractivity contribution in [3.8, 4) is 0 Å². The highest BCUT2D eigenvalue weighted by Crippen LogP contribution is 2.40. The Balaban J connectivity index is 1.75. The lowest BCUT2D eigenvalue weighted by Gasteiger charge is -2.36. The number of nitrogens with two attached hydrogens (primary N) is 2. The molecule has 128 valence electrons. The van der Waals surface area contributed by atoms with Crippen LogP contribution >= 0.6 is 0 Å². The lowest BCUT2D eigenvalue weighted by molar-refractivity contribution is -0.146. The molecule has 1 fully saturated rings. The summed E-state index contributed by atoms with van der Waals surface area (Å²) in [7, 11) is 0. The molecule has 7 heteroatoms. The summed E-state index contributed by atoms with van der Waals surface area (Å²) in [5.41, 5.74) is 11.3. The van der Waals surface area contributed by atoms with Crippen LogP contribution in [0.5, 0.6) is 0 Å². The zero-order valence-corrected chi connectivity index (χ0v) is 14.2. The maximum atomic E-state index is 12.0. The first kappa shape index (κ1) is 17.4. The van der Waals surface area contributed by atoms with Crippen molar-refractivity contribution in [1.29, 1.82) is 0 Å². The highest BCUT2D eigenvalue weighted by atomic mass is 16.5. The zero-order chi connectivity index (χ0) is 17.0. The van der Waals surface area contributed by atoms with Gasteiger partial charge in [-0.3, -0.25) is 4.79 Å². The van der Waals surface area contributed by atoms with Gasteiger partial charge in [-0.2, -0.15) is 15.0 Å². The van der Waals surface area contributed by atoms with Crippen LogP contribution in [0.15, 0.2) is 0 Å². The van der Waals surface area contributed by atoms with Crippen LogP contribution in [0.25, 0.3) is 0 Å². The Morgan fingerprint density at radius 2 is 1.65 bits per heavy atom. The Morgan fingerprint density at radius 3 is 2.17 bits per heavy atom. The first-order chi connectivity index (χ1) is 10.7. The molecular weight excluding hydrogens is 294 g/mol. The molecule has 0 unspecified atom stereocenters. The molecule has 0 atom stereocenters. The number of nitrogens with zero attached hydrogens (tertiary/aromatic N) is 3. The number of carbonyl (C=O) groups excluding carboxylic acids is 1. The predicted octanol–water partition coefficient (Wildman–Crippen LogP) is 2.32. The molecule has 0 aromatic carbocycles. The number of nitrogen functional groups attached to an aromatic ring is 2. The molecule has 0 spiro atoms. The highest BCUT2D eigenvalue weighted by molar-refractivity contribution is 5.69. The summed E-state index contributed by atoms with van der Waals surface area (Å²) in [6, 6.07) is 0. The van der Waals surface area contributed by atoms with E-state index in [1.807, 2.05) is 0 Å². The lowest BCUT2D eigenvalue weighted by atomic mass is 9.69. The summed E-state index contributed by atoms with van der Waals surface area (Å²) in [5, 5.41) is 0. The molecule has 23 heavy (non-hydrogen) atoms. The number of hydrogen-bond acceptors (Lipinski definition) is 7. The van der Waals surface area contributed by atoms with Gasteiger partial charge in [-0.05, 0) is 42.9 Å². The van der Waals surface area contributed by atoms with Gasteiger partial charge < -0.3 is 16.2 Å². The second kappa shape index (κ2) is 7.10. The molecule has 4 N–H and O–H groups in total. The quantitative estimate of drug-likeness (QED) is 0.817. The minimum atomic E-state index is -0.221. The molecular formula is C16H27N5O2. The molecule has 0 bridgehead atoms. The molecule has 0 saturated heterocycles. The summed E-state index contributed by atoms with van der Waals surface area (Å²) < 4.78 is 5.23. The van der Waals surface area contributed by atoms with Crippen molar-refractivity contribution in [3.05, 3.63) is 5.82 Å². The molecule has 1 aliphatic carbocycles. The van der Waals surface area contributed by atoms with Crippen LogP contribution in [0.3, 0.4) is 0 Å². The number of aromatic nitrogens is 3. The number of ether oxygens (including phenoxy) is 1. The van der Waals surface area contributed by atoms with E-state index in [-0.39, 0.29) is 30.3 Å². The number of anilines is 2. The first-order valence-electron chi connectivity index (χ1n) is 8.15. The molecule has 1 aromatic heterocycles. The van der Waals surface area contributed by atoms with E-state index >= 15 is 0 Å². The van der Waals surface area contributed by atoms with Gasteiger partial charge >= 0.3 is 5.97 Å². The van der Waals surface area contributed by atoms with E-state index in [0.29, 0.717) is 17.8 Å². The van der Waals surface area contributed by atoms with E-state index < -0.39 is 0 Å². The molecule has 1 aliphatic rings. The monoisotopic (exact) mass is 321 g/mol. The Labute approximate surface area is 137 Å². The van der Waals surface area contributed by atoms with E-state index in [0.717, 1.165) is 18.8 Å². The fraction of sp³-hybridized carbons (Fsp3) is 0.750. The van der Waals surface area contributed by atoms with Gasteiger partial charge in [0.1, 0.15) is 0 Å². The topological polar surface area (TPSA) is 117 Å². The van der Waals surface area contributed by atoms with Crippen LogP contribution in [0.2, 0.25) is 0 Å². The van der Waals surface area contributed by atoms with Gasteiger partial charge in [0.2, 0.25) is 11.9 Å². The number of hydrogen-bond donors (Lipinski definition) is 2. The van der Waals surface area contributed by atoms with Crippen molar-refractivity contribution in [2.24, 2.45) is 17.3 Å². The van der Waals surface area contributed by atoms with Crippen molar-refractivity contribution < 1.29 is 9.53 Å². The van der Waals surface area contributed by atoms with Crippen molar-refractivity contribution in [2.75, 3.05) is 11.5 Å². The molecule has 1 aromatic rings. The van der Waals surface area contributed by atoms with Gasteiger partial charge in [-0.15, -0.1) is 0 Å². The van der Waals surface area contributed by atoms with Gasteiger partial charge in [-0.1, -0.05) is 20.8 Å². The Hall–Kier alpha value is -1.92. The summed E-state index contributed by atoms with van der Waals surface area (Å²) >= 11 is 0. The van der Waals surface area contributed by atoms with Gasteiger partial charge in [0.25, 0.3) is 0 Å². The summed E-state index contributed by atoms with van der Waals surface area (Å²) in [6.45, 7) is 6.85. The molecule has 0 amide bonds. The maximum Gasteiger partial charge on any atom is 0.306 e. The maximum absolute atomic E-state index is 12.0. The van der Waals surface area contributed by atoms with Gasteiger partial charge in [-0.25, -0.2) is 0 Å². The molecule has 1 heterocycles. The van der Waals surface area contributed by atoms with Crippen LogP contribution < -0.4 is 11.5 Å². The first-order valence-corrected chi connectivity index (χ1v) is 8.15. The Kier molecular flexibility index (Phi) is 5.38. The third-order valence-corrected chi connectivity index (χ3v) is 4.61. The Morgan fingerprint density at radius 1 is 1.09 bits per heavy atom. The van der Waals surface area contributed by atoms with E-state index in [9.17, 15) is 4.79 Å².